The maximum absolute atomic E-state index is 14.2. The molecule has 1 heterocycles. The largest absolute Gasteiger partial charge is 0.496 e. The van der Waals surface area contributed by atoms with Crippen LogP contribution in [0.3, 0.4) is 0 Å². The second kappa shape index (κ2) is 8.55. The average molecular weight is 396 g/mol. The molecule has 0 saturated heterocycles. The van der Waals surface area contributed by atoms with Crippen LogP contribution in [-0.2, 0) is 11.9 Å². The highest BCUT2D eigenvalue weighted by atomic mass is 19.1. The van der Waals surface area contributed by atoms with Crippen molar-refractivity contribution in [2.75, 3.05) is 19.5 Å². The number of carbonyl (C=O) groups is 1. The van der Waals surface area contributed by atoms with Crippen molar-refractivity contribution >= 4 is 17.8 Å². The highest BCUT2D eigenvalue weighted by Gasteiger charge is 2.21. The monoisotopic (exact) mass is 396 g/mol. The van der Waals surface area contributed by atoms with Crippen LogP contribution in [0.25, 0.3) is 11.1 Å². The number of oxime groups is 1. The Morgan fingerprint density at radius 2 is 2.00 bits per heavy atom. The third-order valence-corrected chi connectivity index (χ3v) is 4.40. The number of amides is 1. The van der Waals surface area contributed by atoms with Gasteiger partial charge in [0.2, 0.25) is 5.95 Å². The van der Waals surface area contributed by atoms with Gasteiger partial charge in [-0.05, 0) is 30.7 Å². The van der Waals surface area contributed by atoms with E-state index in [9.17, 15) is 9.18 Å². The van der Waals surface area contributed by atoms with Crippen molar-refractivity contribution in [2.24, 2.45) is 12.2 Å². The summed E-state index contributed by atoms with van der Waals surface area (Å²) in [4.78, 5) is 17.4. The standard InChI is InChI=1S/C21H21FN4O3/c1-13-19(20(22)26(2)25-13)21(27)24-17-8-6-5-7-16(17)14-9-10-15(12-23-29-4)18(11-14)28-3/h5-12H,1-4H3,(H,24,27)/b23-12+. The van der Waals surface area contributed by atoms with Gasteiger partial charge in [-0.1, -0.05) is 29.4 Å². The van der Waals surface area contributed by atoms with E-state index < -0.39 is 11.9 Å². The minimum atomic E-state index is -0.680. The van der Waals surface area contributed by atoms with Crippen LogP contribution in [0.15, 0.2) is 47.6 Å². The third-order valence-electron chi connectivity index (χ3n) is 4.40. The number of nitrogens with zero attached hydrogens (tertiary/aromatic N) is 3. The molecule has 0 saturated carbocycles. The van der Waals surface area contributed by atoms with Gasteiger partial charge >= 0.3 is 0 Å². The van der Waals surface area contributed by atoms with E-state index in [1.807, 2.05) is 30.3 Å². The van der Waals surface area contributed by atoms with Gasteiger partial charge in [-0.2, -0.15) is 9.49 Å². The number of para-hydroxylation sites is 1. The van der Waals surface area contributed by atoms with Crippen LogP contribution >= 0.6 is 0 Å². The molecule has 150 valence electrons. The van der Waals surface area contributed by atoms with Crippen molar-refractivity contribution in [1.82, 2.24) is 9.78 Å². The van der Waals surface area contributed by atoms with Crippen molar-refractivity contribution in [3.8, 4) is 16.9 Å². The summed E-state index contributed by atoms with van der Waals surface area (Å²) in [5.41, 5.74) is 3.11. The maximum atomic E-state index is 14.2. The molecule has 0 atom stereocenters. The molecule has 0 bridgehead atoms. The first-order chi connectivity index (χ1) is 14.0. The first-order valence-corrected chi connectivity index (χ1v) is 8.80. The van der Waals surface area contributed by atoms with Gasteiger partial charge in [-0.25, -0.2) is 4.68 Å². The van der Waals surface area contributed by atoms with E-state index in [1.54, 1.807) is 32.4 Å². The van der Waals surface area contributed by atoms with Gasteiger partial charge in [-0.15, -0.1) is 0 Å². The third kappa shape index (κ3) is 4.11. The molecule has 7 nitrogen and oxygen atoms in total. The summed E-state index contributed by atoms with van der Waals surface area (Å²) < 4.78 is 20.7. The molecule has 0 unspecified atom stereocenters. The van der Waals surface area contributed by atoms with Crippen molar-refractivity contribution in [2.45, 2.75) is 6.92 Å². The summed E-state index contributed by atoms with van der Waals surface area (Å²) in [5, 5.41) is 10.5. The number of hydrogen-bond acceptors (Lipinski definition) is 5. The van der Waals surface area contributed by atoms with Crippen LogP contribution in [0.5, 0.6) is 5.75 Å². The van der Waals surface area contributed by atoms with Crippen molar-refractivity contribution in [3.63, 3.8) is 0 Å². The Balaban J connectivity index is 1.97. The fraction of sp³-hybridized carbons (Fsp3) is 0.190. The molecule has 2 aromatic carbocycles. The second-order valence-corrected chi connectivity index (χ2v) is 6.25. The normalized spacial score (nSPS) is 10.9. The zero-order valence-electron chi connectivity index (χ0n) is 16.6. The second-order valence-electron chi connectivity index (χ2n) is 6.25. The summed E-state index contributed by atoms with van der Waals surface area (Å²) >= 11 is 0. The number of hydrogen-bond donors (Lipinski definition) is 1. The minimum absolute atomic E-state index is 0.0778. The summed E-state index contributed by atoms with van der Waals surface area (Å²) in [5.74, 6) is -0.643. The Kier molecular flexibility index (Phi) is 5.92. The SMILES string of the molecule is CO/N=C/c1ccc(-c2ccccc2NC(=O)c2c(C)nn(C)c2F)cc1OC. The lowest BCUT2D eigenvalue weighted by Crippen LogP contribution is -2.15. The lowest BCUT2D eigenvalue weighted by molar-refractivity contribution is 0.102. The number of ether oxygens (including phenoxy) is 1. The first-order valence-electron chi connectivity index (χ1n) is 8.80. The average Bonchev–Trinajstić information content (AvgIpc) is 2.98. The van der Waals surface area contributed by atoms with Gasteiger partial charge in [0, 0.05) is 23.9 Å². The zero-order valence-corrected chi connectivity index (χ0v) is 16.6. The lowest BCUT2D eigenvalue weighted by Gasteiger charge is -2.13. The first kappa shape index (κ1) is 20.1. The molecule has 1 N–H and O–H groups in total. The molecule has 0 aliphatic heterocycles. The fourth-order valence-electron chi connectivity index (χ4n) is 3.01. The molecule has 1 aromatic heterocycles. The van der Waals surface area contributed by atoms with E-state index in [1.165, 1.54) is 14.2 Å². The van der Waals surface area contributed by atoms with Crippen LogP contribution in [0, 0.1) is 12.9 Å². The van der Waals surface area contributed by atoms with Gasteiger partial charge in [0.1, 0.15) is 18.4 Å². The molecule has 0 spiro atoms. The van der Waals surface area contributed by atoms with Gasteiger partial charge in [-0.3, -0.25) is 4.79 Å². The van der Waals surface area contributed by atoms with Gasteiger partial charge in [0.25, 0.3) is 5.91 Å². The lowest BCUT2D eigenvalue weighted by atomic mass is 10.0. The van der Waals surface area contributed by atoms with Crippen LogP contribution < -0.4 is 10.1 Å². The van der Waals surface area contributed by atoms with Crippen LogP contribution in [0.4, 0.5) is 10.1 Å². The van der Waals surface area contributed by atoms with Crippen LogP contribution in [0.1, 0.15) is 21.6 Å². The van der Waals surface area contributed by atoms with Crippen molar-refractivity contribution in [1.29, 1.82) is 0 Å². The van der Waals surface area contributed by atoms with Crippen molar-refractivity contribution in [3.05, 3.63) is 65.2 Å². The van der Waals surface area contributed by atoms with E-state index in [4.69, 9.17) is 9.57 Å². The molecule has 0 radical (unpaired) electrons. The molecule has 3 aromatic rings. The van der Waals surface area contributed by atoms with Crippen LogP contribution in [-0.4, -0.2) is 36.1 Å². The number of carbonyl (C=O) groups excluding carboxylic acids is 1. The molecule has 29 heavy (non-hydrogen) atoms. The predicted octanol–water partition coefficient (Wildman–Crippen LogP) is 3.78. The Morgan fingerprint density at radius 3 is 2.66 bits per heavy atom. The van der Waals surface area contributed by atoms with E-state index in [0.717, 1.165) is 21.4 Å². The van der Waals surface area contributed by atoms with Crippen LogP contribution in [0.2, 0.25) is 0 Å². The zero-order chi connectivity index (χ0) is 21.0. The molecular weight excluding hydrogens is 375 g/mol. The Hall–Kier alpha value is -3.68. The summed E-state index contributed by atoms with van der Waals surface area (Å²) in [6.07, 6.45) is 1.55. The number of aryl methyl sites for hydroxylation is 2. The Labute approximate surface area is 167 Å². The number of rotatable bonds is 6. The topological polar surface area (TPSA) is 77.7 Å². The molecular formula is C21H21FN4O3. The quantitative estimate of drug-likeness (QED) is 0.508. The number of nitrogens with one attached hydrogen (secondary N) is 1. The molecule has 0 aliphatic carbocycles. The van der Waals surface area contributed by atoms with Gasteiger partial charge in [0.05, 0.1) is 19.0 Å². The number of methoxy groups -OCH3 is 1. The summed E-state index contributed by atoms with van der Waals surface area (Å²) in [6.45, 7) is 1.59. The Morgan fingerprint density at radius 1 is 1.24 bits per heavy atom. The maximum Gasteiger partial charge on any atom is 0.262 e. The molecule has 8 heteroatoms. The Bertz CT molecular complexity index is 1080. The van der Waals surface area contributed by atoms with E-state index in [-0.39, 0.29) is 5.56 Å². The highest BCUT2D eigenvalue weighted by molar-refractivity contribution is 6.07. The minimum Gasteiger partial charge on any atom is -0.496 e. The van der Waals surface area contributed by atoms with Gasteiger partial charge < -0.3 is 14.9 Å². The summed E-state index contributed by atoms with van der Waals surface area (Å²) in [6, 6.07) is 12.8. The highest BCUT2D eigenvalue weighted by Crippen LogP contribution is 2.32. The fourth-order valence-corrected chi connectivity index (χ4v) is 3.01. The number of anilines is 1. The smallest absolute Gasteiger partial charge is 0.262 e. The molecule has 1 amide bonds. The molecule has 0 aliphatic rings. The predicted molar refractivity (Wildman–Crippen MR) is 109 cm³/mol. The van der Waals surface area contributed by atoms with E-state index in [0.29, 0.717) is 17.1 Å². The van der Waals surface area contributed by atoms with Gasteiger partial charge in [0.15, 0.2) is 0 Å². The van der Waals surface area contributed by atoms with E-state index in [2.05, 4.69) is 15.6 Å². The van der Waals surface area contributed by atoms with E-state index >= 15 is 0 Å². The van der Waals surface area contributed by atoms with Crippen molar-refractivity contribution < 1.29 is 18.8 Å². The number of halogens is 1. The summed E-state index contributed by atoms with van der Waals surface area (Å²) in [7, 11) is 4.47. The number of aromatic nitrogens is 2. The molecule has 3 rings (SSSR count). The molecule has 0 fully saturated rings. The number of benzene rings is 2.